The van der Waals surface area contributed by atoms with Gasteiger partial charge < -0.3 is 20.3 Å². The van der Waals surface area contributed by atoms with Crippen LogP contribution in [0.2, 0.25) is 0 Å². The van der Waals surface area contributed by atoms with Gasteiger partial charge >= 0.3 is 0 Å². The van der Waals surface area contributed by atoms with Gasteiger partial charge in [0.15, 0.2) is 0 Å². The van der Waals surface area contributed by atoms with E-state index in [2.05, 4.69) is 48.1 Å². The number of nitrogens with one attached hydrogen (secondary N) is 2. The van der Waals surface area contributed by atoms with Crippen LogP contribution in [0.3, 0.4) is 0 Å². The minimum absolute atomic E-state index is 0.194. The monoisotopic (exact) mass is 437 g/mol. The highest BCUT2D eigenvalue weighted by molar-refractivity contribution is 5.27. The highest BCUT2D eigenvalue weighted by atomic mass is 19.1. The number of rotatable bonds is 10. The molecule has 2 fully saturated rings. The number of nitrogens with zero attached hydrogens (tertiary/aromatic N) is 1. The average molecular weight is 438 g/mol. The second-order valence-electron chi connectivity index (χ2n) is 9.65. The first kappa shape index (κ1) is 22.7. The molecule has 4 rings (SSSR count). The van der Waals surface area contributed by atoms with Gasteiger partial charge in [-0.1, -0.05) is 44.7 Å². The number of hydrogen-bond donors (Lipinski definition) is 2. The van der Waals surface area contributed by atoms with Crippen molar-refractivity contribution < 1.29 is 9.13 Å². The molecule has 2 aromatic carbocycles. The Morgan fingerprint density at radius 2 is 1.69 bits per heavy atom. The Morgan fingerprint density at radius 1 is 1.06 bits per heavy atom. The molecule has 3 atom stereocenters. The average Bonchev–Trinajstić information content (AvgIpc) is 3.03. The smallest absolute Gasteiger partial charge is 0.123 e. The summed E-state index contributed by atoms with van der Waals surface area (Å²) < 4.78 is 19.2. The molecule has 0 spiro atoms. The zero-order valence-electron chi connectivity index (χ0n) is 19.3. The van der Waals surface area contributed by atoms with Crippen molar-refractivity contribution in [3.8, 4) is 5.75 Å². The van der Waals surface area contributed by atoms with Gasteiger partial charge in [-0.05, 0) is 79.1 Å². The molecule has 5 heteroatoms. The summed E-state index contributed by atoms with van der Waals surface area (Å²) in [6, 6.07) is 15.6. The minimum Gasteiger partial charge on any atom is -0.493 e. The van der Waals surface area contributed by atoms with E-state index < -0.39 is 0 Å². The van der Waals surface area contributed by atoms with E-state index in [0.29, 0.717) is 30.3 Å². The molecule has 4 nitrogen and oxygen atoms in total. The highest BCUT2D eigenvalue weighted by Gasteiger charge is 2.42. The lowest BCUT2D eigenvalue weighted by Gasteiger charge is -2.42. The van der Waals surface area contributed by atoms with Crippen molar-refractivity contribution in [1.29, 1.82) is 0 Å². The fraction of sp³-hybridized carbons (Fsp3) is 0.481. The van der Waals surface area contributed by atoms with Crippen LogP contribution in [-0.2, 0) is 13.1 Å². The molecule has 1 saturated carbocycles. The van der Waals surface area contributed by atoms with Crippen LogP contribution in [0.4, 0.5) is 4.39 Å². The molecule has 1 heterocycles. The summed E-state index contributed by atoms with van der Waals surface area (Å²) in [7, 11) is 0. The maximum atomic E-state index is 13.4. The largest absolute Gasteiger partial charge is 0.493 e. The minimum atomic E-state index is -0.194. The van der Waals surface area contributed by atoms with Crippen molar-refractivity contribution in [2.24, 2.45) is 17.8 Å². The molecule has 0 radical (unpaired) electrons. The topological polar surface area (TPSA) is 36.5 Å². The third-order valence-electron chi connectivity index (χ3n) is 6.66. The first-order valence-corrected chi connectivity index (χ1v) is 11.9. The number of hydrogen-bond acceptors (Lipinski definition) is 4. The predicted molar refractivity (Wildman–Crippen MR) is 128 cm³/mol. The normalized spacial score (nSPS) is 22.1. The number of halogens is 1. The Morgan fingerprint density at radius 3 is 2.31 bits per heavy atom. The van der Waals surface area contributed by atoms with Gasteiger partial charge in [-0.15, -0.1) is 0 Å². The van der Waals surface area contributed by atoms with Gasteiger partial charge in [0.2, 0.25) is 0 Å². The third-order valence-corrected chi connectivity index (χ3v) is 6.66. The maximum Gasteiger partial charge on any atom is 0.123 e. The van der Waals surface area contributed by atoms with E-state index in [1.807, 2.05) is 24.3 Å². The van der Waals surface area contributed by atoms with Gasteiger partial charge in [0.25, 0.3) is 0 Å². The third kappa shape index (κ3) is 5.63. The molecule has 0 aromatic heterocycles. The van der Waals surface area contributed by atoms with E-state index in [9.17, 15) is 4.39 Å². The summed E-state index contributed by atoms with van der Waals surface area (Å²) in [4.78, 5) is 2.43. The second kappa shape index (κ2) is 10.4. The summed E-state index contributed by atoms with van der Waals surface area (Å²) >= 11 is 0. The van der Waals surface area contributed by atoms with Crippen molar-refractivity contribution in [2.45, 2.75) is 45.8 Å². The summed E-state index contributed by atoms with van der Waals surface area (Å²) in [6.07, 6.45) is 2.51. The fourth-order valence-electron chi connectivity index (χ4n) is 5.00. The van der Waals surface area contributed by atoms with Crippen LogP contribution in [0.1, 0.15) is 37.8 Å². The molecule has 2 N–H and O–H groups in total. The summed E-state index contributed by atoms with van der Waals surface area (Å²) in [5.41, 5.74) is 2.30. The number of piperidine rings is 1. The van der Waals surface area contributed by atoms with Crippen LogP contribution in [0.5, 0.6) is 5.75 Å². The van der Waals surface area contributed by atoms with E-state index in [1.165, 1.54) is 18.4 Å². The van der Waals surface area contributed by atoms with Crippen LogP contribution < -0.4 is 15.4 Å². The zero-order valence-corrected chi connectivity index (χ0v) is 19.3. The second-order valence-corrected chi connectivity index (χ2v) is 9.65. The molecule has 172 valence electrons. The standard InChI is InChI=1S/C27H36FN3O/c1-19(2)18-32-26-12-6-21(7-13-26)14-30-20(3)31(17-22-4-10-25(28)11-5-22)27-23-8-9-24(27)16-29-15-23/h4-7,10-13,19,23-24,27,29-30H,3,8-9,14-18H2,1-2H3/t23-,24+,27+. The molecule has 2 aromatic rings. The van der Waals surface area contributed by atoms with Crippen molar-refractivity contribution in [1.82, 2.24) is 15.5 Å². The summed E-state index contributed by atoms with van der Waals surface area (Å²) in [6.45, 7) is 13.0. The van der Waals surface area contributed by atoms with E-state index in [-0.39, 0.29) is 5.82 Å². The molecule has 0 unspecified atom stereocenters. The van der Waals surface area contributed by atoms with Gasteiger partial charge in [0, 0.05) is 19.1 Å². The van der Waals surface area contributed by atoms with Crippen LogP contribution >= 0.6 is 0 Å². The van der Waals surface area contributed by atoms with Gasteiger partial charge in [-0.2, -0.15) is 0 Å². The van der Waals surface area contributed by atoms with Crippen molar-refractivity contribution in [3.05, 3.63) is 77.9 Å². The molecular formula is C27H36FN3O. The van der Waals surface area contributed by atoms with E-state index >= 15 is 0 Å². The Hall–Kier alpha value is -2.53. The van der Waals surface area contributed by atoms with Gasteiger partial charge in [0.1, 0.15) is 11.6 Å². The first-order valence-electron chi connectivity index (χ1n) is 11.9. The van der Waals surface area contributed by atoms with E-state index in [0.717, 1.165) is 43.4 Å². The Kier molecular flexibility index (Phi) is 7.36. The number of benzene rings is 2. The molecule has 1 aliphatic carbocycles. The predicted octanol–water partition coefficient (Wildman–Crippen LogP) is 4.92. The van der Waals surface area contributed by atoms with E-state index in [4.69, 9.17) is 4.74 Å². The van der Waals surface area contributed by atoms with Gasteiger partial charge in [0.05, 0.1) is 12.4 Å². The lowest BCUT2D eigenvalue weighted by atomic mass is 9.91. The number of fused-ring (bicyclic) bond motifs is 2. The lowest BCUT2D eigenvalue weighted by Crippen LogP contribution is -2.52. The Labute approximate surface area is 191 Å². The number of ether oxygens (including phenoxy) is 1. The first-order chi connectivity index (χ1) is 15.5. The van der Waals surface area contributed by atoms with Crippen molar-refractivity contribution in [3.63, 3.8) is 0 Å². The molecule has 2 bridgehead atoms. The maximum absolute atomic E-state index is 13.4. The Bertz CT molecular complexity index is 865. The molecule has 1 aliphatic heterocycles. The van der Waals surface area contributed by atoms with Crippen molar-refractivity contribution in [2.75, 3.05) is 19.7 Å². The summed E-state index contributed by atoms with van der Waals surface area (Å²) in [5.74, 6) is 3.43. The zero-order chi connectivity index (χ0) is 22.5. The quantitative estimate of drug-likeness (QED) is 0.553. The van der Waals surface area contributed by atoms with Crippen LogP contribution in [0, 0.1) is 23.6 Å². The highest BCUT2D eigenvalue weighted by Crippen LogP contribution is 2.39. The lowest BCUT2D eigenvalue weighted by molar-refractivity contribution is 0.123. The van der Waals surface area contributed by atoms with Crippen molar-refractivity contribution >= 4 is 0 Å². The van der Waals surface area contributed by atoms with Gasteiger partial charge in [-0.25, -0.2) is 4.39 Å². The molecule has 2 aliphatic rings. The van der Waals surface area contributed by atoms with Gasteiger partial charge in [-0.3, -0.25) is 0 Å². The molecular weight excluding hydrogens is 401 g/mol. The summed E-state index contributed by atoms with van der Waals surface area (Å²) in [5, 5.41) is 7.15. The Balaban J connectivity index is 1.42. The SMILES string of the molecule is C=C(NCc1ccc(OCC(C)C)cc1)N(Cc1ccc(F)cc1)[C@H]1[C@@H]2CC[C@H]1CNC2. The van der Waals surface area contributed by atoms with E-state index in [1.54, 1.807) is 12.1 Å². The molecule has 32 heavy (non-hydrogen) atoms. The van der Waals surface area contributed by atoms with Crippen LogP contribution in [0.25, 0.3) is 0 Å². The van der Waals surface area contributed by atoms with Crippen LogP contribution in [-0.4, -0.2) is 30.6 Å². The fourth-order valence-corrected chi connectivity index (χ4v) is 5.00. The molecule has 1 saturated heterocycles. The van der Waals surface area contributed by atoms with Crippen LogP contribution in [0.15, 0.2) is 60.9 Å². The molecule has 0 amide bonds.